The van der Waals surface area contributed by atoms with E-state index >= 15 is 0 Å². The maximum atomic E-state index is 12.1. The van der Waals surface area contributed by atoms with Gasteiger partial charge in [-0.3, -0.25) is 4.79 Å². The molecule has 0 fully saturated rings. The van der Waals surface area contributed by atoms with Gasteiger partial charge < -0.3 is 10.1 Å². The third-order valence-electron chi connectivity index (χ3n) is 3.10. The summed E-state index contributed by atoms with van der Waals surface area (Å²) in [4.78, 5) is 17.6. The molecule has 118 valence electrons. The van der Waals surface area contributed by atoms with E-state index in [1.54, 1.807) is 18.4 Å². The number of ether oxygens (including phenoxy) is 1. The Bertz CT molecular complexity index is 812. The lowest BCUT2D eigenvalue weighted by Gasteiger charge is -2.03. The number of hydrogen-bond acceptors (Lipinski definition) is 5. The summed E-state index contributed by atoms with van der Waals surface area (Å²) in [6.45, 7) is 0. The molecule has 4 nitrogen and oxygen atoms in total. The quantitative estimate of drug-likeness (QED) is 0.657. The normalized spacial score (nSPS) is 10.5. The van der Waals surface area contributed by atoms with Crippen LogP contribution < -0.4 is 10.1 Å². The number of rotatable bonds is 5. The van der Waals surface area contributed by atoms with Crippen molar-refractivity contribution in [3.8, 4) is 16.3 Å². The van der Waals surface area contributed by atoms with Gasteiger partial charge >= 0.3 is 0 Å². The number of thiophene rings is 1. The first-order chi connectivity index (χ1) is 11.1. The molecule has 0 bridgehead atoms. The van der Waals surface area contributed by atoms with Crippen LogP contribution >= 0.6 is 38.6 Å². The summed E-state index contributed by atoms with van der Waals surface area (Å²) < 4.78 is 6.17. The molecule has 1 amide bonds. The van der Waals surface area contributed by atoms with Crippen molar-refractivity contribution >= 4 is 49.6 Å². The lowest BCUT2D eigenvalue weighted by Crippen LogP contribution is -2.14. The Morgan fingerprint density at radius 3 is 2.70 bits per heavy atom. The predicted octanol–water partition coefficient (Wildman–Crippen LogP) is 4.82. The number of benzene rings is 1. The third kappa shape index (κ3) is 4.19. The lowest BCUT2D eigenvalue weighted by atomic mass is 10.1. The molecule has 0 atom stereocenters. The van der Waals surface area contributed by atoms with Crippen LogP contribution in [0.25, 0.3) is 10.6 Å². The minimum Gasteiger partial charge on any atom is -0.497 e. The molecule has 2 heterocycles. The number of nitrogens with zero attached hydrogens (tertiary/aromatic N) is 1. The summed E-state index contributed by atoms with van der Waals surface area (Å²) >= 11 is 6.48. The van der Waals surface area contributed by atoms with Crippen LogP contribution in [0.3, 0.4) is 0 Å². The van der Waals surface area contributed by atoms with Crippen LogP contribution in [0.4, 0.5) is 5.13 Å². The van der Waals surface area contributed by atoms with Gasteiger partial charge in [-0.1, -0.05) is 12.1 Å². The highest BCUT2D eigenvalue weighted by atomic mass is 79.9. The van der Waals surface area contributed by atoms with Crippen LogP contribution in [0.2, 0.25) is 0 Å². The summed E-state index contributed by atoms with van der Waals surface area (Å²) in [5, 5.41) is 5.41. The third-order valence-corrected chi connectivity index (χ3v) is 5.50. The number of aromatic nitrogens is 1. The smallest absolute Gasteiger partial charge is 0.230 e. The minimum absolute atomic E-state index is 0.0802. The number of methoxy groups -OCH3 is 1. The fourth-order valence-electron chi connectivity index (χ4n) is 1.99. The summed E-state index contributed by atoms with van der Waals surface area (Å²) in [7, 11) is 1.62. The monoisotopic (exact) mass is 408 g/mol. The Morgan fingerprint density at radius 2 is 2.04 bits per heavy atom. The summed E-state index contributed by atoms with van der Waals surface area (Å²) in [5.41, 5.74) is 1.81. The van der Waals surface area contributed by atoms with Gasteiger partial charge in [0.2, 0.25) is 5.91 Å². The molecule has 3 rings (SSSR count). The largest absolute Gasteiger partial charge is 0.497 e. The van der Waals surface area contributed by atoms with Crippen LogP contribution in [-0.2, 0) is 11.2 Å². The first kappa shape index (κ1) is 16.2. The highest BCUT2D eigenvalue weighted by Gasteiger charge is 2.10. The van der Waals surface area contributed by atoms with Crippen molar-refractivity contribution in [1.82, 2.24) is 4.98 Å². The Balaban J connectivity index is 1.62. The SMILES string of the molecule is COc1ccc(CC(=O)Nc2nc(-c3ccc(Br)s3)cs2)cc1. The molecule has 0 saturated heterocycles. The van der Waals surface area contributed by atoms with Gasteiger partial charge in [0, 0.05) is 5.38 Å². The fraction of sp³-hybridized carbons (Fsp3) is 0.125. The number of carbonyl (C=O) groups is 1. The topological polar surface area (TPSA) is 51.2 Å². The zero-order chi connectivity index (χ0) is 16.2. The Kier molecular flexibility index (Phi) is 5.09. The summed E-state index contributed by atoms with van der Waals surface area (Å²) in [6.07, 6.45) is 0.309. The van der Waals surface area contributed by atoms with E-state index in [9.17, 15) is 4.79 Å². The second kappa shape index (κ2) is 7.25. The number of nitrogens with one attached hydrogen (secondary N) is 1. The van der Waals surface area contributed by atoms with Crippen LogP contribution in [-0.4, -0.2) is 18.0 Å². The van der Waals surface area contributed by atoms with Gasteiger partial charge in [0.05, 0.1) is 27.9 Å². The molecule has 1 aromatic carbocycles. The molecule has 0 aliphatic rings. The first-order valence-electron chi connectivity index (χ1n) is 6.78. The Morgan fingerprint density at radius 1 is 1.26 bits per heavy atom. The highest BCUT2D eigenvalue weighted by molar-refractivity contribution is 9.11. The molecular weight excluding hydrogens is 396 g/mol. The number of anilines is 1. The van der Waals surface area contributed by atoms with Gasteiger partial charge in [-0.2, -0.15) is 0 Å². The van der Waals surface area contributed by atoms with E-state index in [2.05, 4.69) is 26.2 Å². The summed E-state index contributed by atoms with van der Waals surface area (Å²) in [6, 6.07) is 11.5. The first-order valence-corrected chi connectivity index (χ1v) is 9.27. The fourth-order valence-corrected chi connectivity index (χ4v) is 4.14. The van der Waals surface area contributed by atoms with Gasteiger partial charge in [0.1, 0.15) is 5.75 Å². The molecule has 23 heavy (non-hydrogen) atoms. The van der Waals surface area contributed by atoms with Crippen LogP contribution in [0, 0.1) is 0 Å². The van der Waals surface area contributed by atoms with Crippen LogP contribution in [0.5, 0.6) is 5.75 Å². The Hall–Kier alpha value is -1.70. The van der Waals surface area contributed by atoms with Gasteiger partial charge in [-0.05, 0) is 45.8 Å². The molecule has 1 N–H and O–H groups in total. The van der Waals surface area contributed by atoms with Gasteiger partial charge in [0.15, 0.2) is 5.13 Å². The molecule has 0 radical (unpaired) electrons. The molecule has 3 aromatic rings. The average Bonchev–Trinajstić information content (AvgIpc) is 3.17. The second-order valence-electron chi connectivity index (χ2n) is 4.71. The van der Waals surface area contributed by atoms with Crippen molar-refractivity contribution in [1.29, 1.82) is 0 Å². The zero-order valence-electron chi connectivity index (χ0n) is 12.2. The zero-order valence-corrected chi connectivity index (χ0v) is 15.4. The van der Waals surface area contributed by atoms with E-state index in [1.165, 1.54) is 11.3 Å². The molecule has 0 aliphatic carbocycles. The average molecular weight is 409 g/mol. The molecule has 0 aliphatic heterocycles. The van der Waals surface area contributed by atoms with Crippen LogP contribution in [0.15, 0.2) is 45.6 Å². The van der Waals surface area contributed by atoms with E-state index < -0.39 is 0 Å². The maximum absolute atomic E-state index is 12.1. The van der Waals surface area contributed by atoms with E-state index in [4.69, 9.17) is 4.74 Å². The molecule has 0 saturated carbocycles. The van der Waals surface area contributed by atoms with E-state index in [-0.39, 0.29) is 5.91 Å². The molecule has 2 aromatic heterocycles. The van der Waals surface area contributed by atoms with E-state index in [0.29, 0.717) is 11.6 Å². The number of carbonyl (C=O) groups excluding carboxylic acids is 1. The highest BCUT2D eigenvalue weighted by Crippen LogP contribution is 2.33. The Labute approximate surface area is 150 Å². The number of amides is 1. The lowest BCUT2D eigenvalue weighted by molar-refractivity contribution is -0.115. The second-order valence-corrected chi connectivity index (χ2v) is 8.04. The predicted molar refractivity (Wildman–Crippen MR) is 98.5 cm³/mol. The van der Waals surface area contributed by atoms with Crippen molar-refractivity contribution in [2.24, 2.45) is 0 Å². The maximum Gasteiger partial charge on any atom is 0.230 e. The van der Waals surface area contributed by atoms with Crippen molar-refractivity contribution in [3.05, 3.63) is 51.1 Å². The van der Waals surface area contributed by atoms with Crippen molar-refractivity contribution in [2.45, 2.75) is 6.42 Å². The van der Waals surface area contributed by atoms with Crippen molar-refractivity contribution in [3.63, 3.8) is 0 Å². The molecule has 0 unspecified atom stereocenters. The van der Waals surface area contributed by atoms with Gasteiger partial charge in [-0.15, -0.1) is 22.7 Å². The van der Waals surface area contributed by atoms with Crippen molar-refractivity contribution < 1.29 is 9.53 Å². The van der Waals surface area contributed by atoms with E-state index in [0.717, 1.165) is 25.7 Å². The van der Waals surface area contributed by atoms with Gasteiger partial charge in [-0.25, -0.2) is 4.98 Å². The standard InChI is InChI=1S/C16H13BrN2O2S2/c1-21-11-4-2-10(3-5-11)8-15(20)19-16-18-12(9-22-16)13-6-7-14(17)23-13/h2-7,9H,8H2,1H3,(H,18,19,20). The summed E-state index contributed by atoms with van der Waals surface area (Å²) in [5.74, 6) is 0.698. The molecule has 0 spiro atoms. The van der Waals surface area contributed by atoms with E-state index in [1.807, 2.05) is 41.8 Å². The van der Waals surface area contributed by atoms with Gasteiger partial charge in [0.25, 0.3) is 0 Å². The number of thiazole rings is 1. The minimum atomic E-state index is -0.0802. The van der Waals surface area contributed by atoms with Crippen LogP contribution in [0.1, 0.15) is 5.56 Å². The molecule has 7 heteroatoms. The number of halogens is 1. The van der Waals surface area contributed by atoms with Crippen molar-refractivity contribution in [2.75, 3.05) is 12.4 Å². The number of hydrogen-bond donors (Lipinski definition) is 1. The molecular formula is C16H13BrN2O2S2.